The molecule has 35 heavy (non-hydrogen) atoms. The van der Waals surface area contributed by atoms with Crippen molar-refractivity contribution in [3.63, 3.8) is 0 Å². The Morgan fingerprint density at radius 1 is 0.857 bits per heavy atom. The second-order valence-corrected chi connectivity index (χ2v) is 8.86. The molecule has 1 heterocycles. The highest BCUT2D eigenvalue weighted by Gasteiger charge is 2.12. The minimum absolute atomic E-state index is 0.210. The van der Waals surface area contributed by atoms with E-state index >= 15 is 0 Å². The van der Waals surface area contributed by atoms with Gasteiger partial charge in [0.05, 0.1) is 11.2 Å². The van der Waals surface area contributed by atoms with E-state index in [1.54, 1.807) is 12.1 Å². The van der Waals surface area contributed by atoms with Crippen molar-refractivity contribution in [3.8, 4) is 11.3 Å². The molecule has 0 spiro atoms. The maximum atomic E-state index is 12.8. The molecular formula is C28H22BrN5O. The summed E-state index contributed by atoms with van der Waals surface area (Å²) >= 11 is 3.44. The number of amides is 1. The van der Waals surface area contributed by atoms with Crippen molar-refractivity contribution in [2.24, 2.45) is 5.73 Å². The highest BCUT2D eigenvalue weighted by Crippen LogP contribution is 2.28. The molecule has 0 aliphatic rings. The molecule has 0 unspecified atom stereocenters. The van der Waals surface area contributed by atoms with Crippen LogP contribution in [0.5, 0.6) is 0 Å². The number of fused-ring (bicyclic) bond motifs is 1. The van der Waals surface area contributed by atoms with Crippen LogP contribution >= 0.6 is 15.9 Å². The van der Waals surface area contributed by atoms with Crippen LogP contribution < -0.4 is 16.4 Å². The van der Waals surface area contributed by atoms with E-state index in [0.29, 0.717) is 23.7 Å². The van der Waals surface area contributed by atoms with Gasteiger partial charge in [-0.3, -0.25) is 4.79 Å². The van der Waals surface area contributed by atoms with Crippen molar-refractivity contribution in [3.05, 3.63) is 113 Å². The van der Waals surface area contributed by atoms with Crippen LogP contribution in [0.15, 0.2) is 102 Å². The fourth-order valence-electron chi connectivity index (χ4n) is 3.82. The first kappa shape index (κ1) is 22.7. The summed E-state index contributed by atoms with van der Waals surface area (Å²) in [4.78, 5) is 22.3. The molecule has 5 rings (SSSR count). The van der Waals surface area contributed by atoms with E-state index < -0.39 is 0 Å². The molecule has 0 radical (unpaired) electrons. The smallest absolute Gasteiger partial charge is 0.255 e. The number of aromatic nitrogens is 2. The number of para-hydroxylation sites is 1. The van der Waals surface area contributed by atoms with E-state index in [1.165, 1.54) is 0 Å². The van der Waals surface area contributed by atoms with Gasteiger partial charge < -0.3 is 16.4 Å². The number of rotatable bonds is 6. The minimum atomic E-state index is -0.210. The Labute approximate surface area is 211 Å². The average molecular weight is 524 g/mol. The summed E-state index contributed by atoms with van der Waals surface area (Å²) in [6.07, 6.45) is 0. The van der Waals surface area contributed by atoms with Crippen molar-refractivity contribution in [1.82, 2.24) is 9.97 Å². The molecule has 172 valence electrons. The maximum Gasteiger partial charge on any atom is 0.255 e. The lowest BCUT2D eigenvalue weighted by atomic mass is 10.1. The summed E-state index contributed by atoms with van der Waals surface area (Å²) in [6, 6.07) is 30.8. The second-order valence-electron chi connectivity index (χ2n) is 7.94. The second kappa shape index (κ2) is 10.0. The Hall–Kier alpha value is -4.07. The van der Waals surface area contributed by atoms with Crippen LogP contribution in [0.1, 0.15) is 15.9 Å². The van der Waals surface area contributed by atoms with E-state index in [9.17, 15) is 4.79 Å². The Bertz CT molecular complexity index is 1500. The highest BCUT2D eigenvalue weighted by molar-refractivity contribution is 9.10. The number of nitrogens with two attached hydrogens (primary N) is 1. The topological polar surface area (TPSA) is 92.9 Å². The summed E-state index contributed by atoms with van der Waals surface area (Å²) in [7, 11) is 0. The number of benzene rings is 4. The lowest BCUT2D eigenvalue weighted by Crippen LogP contribution is -2.14. The molecule has 0 fully saturated rings. The lowest BCUT2D eigenvalue weighted by molar-refractivity contribution is 0.102. The molecule has 1 aromatic heterocycles. The standard InChI is InChI=1S/C28H22BrN5O/c29-21-13-10-20(17-30)25(16-21)32-27(35)19-11-14-22(15-12-19)31-28-33-24-9-5-4-8-23(24)26(34-28)18-6-2-1-3-7-18/h1-16H,17,30H2,(H,32,35)(H,31,33,34). The summed E-state index contributed by atoms with van der Waals surface area (Å²) < 4.78 is 0.870. The van der Waals surface area contributed by atoms with E-state index in [4.69, 9.17) is 10.7 Å². The van der Waals surface area contributed by atoms with E-state index in [2.05, 4.69) is 31.5 Å². The van der Waals surface area contributed by atoms with Gasteiger partial charge in [0.2, 0.25) is 5.95 Å². The number of nitrogens with zero attached hydrogens (tertiary/aromatic N) is 2. The zero-order valence-electron chi connectivity index (χ0n) is 18.7. The first-order valence-corrected chi connectivity index (χ1v) is 11.9. The minimum Gasteiger partial charge on any atom is -0.326 e. The van der Waals surface area contributed by atoms with Gasteiger partial charge in [0.25, 0.3) is 5.91 Å². The van der Waals surface area contributed by atoms with Crippen LogP contribution in [0.25, 0.3) is 22.2 Å². The number of carbonyl (C=O) groups is 1. The van der Waals surface area contributed by atoms with E-state index in [0.717, 1.165) is 37.9 Å². The number of hydrogen-bond donors (Lipinski definition) is 3. The summed E-state index contributed by atoms with van der Waals surface area (Å²) in [6.45, 7) is 0.336. The van der Waals surface area contributed by atoms with Gasteiger partial charge in [-0.25, -0.2) is 9.97 Å². The molecule has 7 heteroatoms. The van der Waals surface area contributed by atoms with Crippen molar-refractivity contribution < 1.29 is 4.79 Å². The monoisotopic (exact) mass is 523 g/mol. The largest absolute Gasteiger partial charge is 0.326 e. The van der Waals surface area contributed by atoms with Gasteiger partial charge in [-0.05, 0) is 48.0 Å². The van der Waals surface area contributed by atoms with Crippen LogP contribution in [0.3, 0.4) is 0 Å². The maximum absolute atomic E-state index is 12.8. The highest BCUT2D eigenvalue weighted by atomic mass is 79.9. The van der Waals surface area contributed by atoms with E-state index in [-0.39, 0.29) is 5.91 Å². The molecule has 1 amide bonds. The fraction of sp³-hybridized carbons (Fsp3) is 0.0357. The normalized spacial score (nSPS) is 10.8. The van der Waals surface area contributed by atoms with Crippen molar-refractivity contribution in [2.75, 3.05) is 10.6 Å². The number of halogens is 1. The molecule has 6 nitrogen and oxygen atoms in total. The molecule has 0 atom stereocenters. The Balaban J connectivity index is 1.39. The van der Waals surface area contributed by atoms with Gasteiger partial charge in [0.1, 0.15) is 0 Å². The molecular weight excluding hydrogens is 502 g/mol. The van der Waals surface area contributed by atoms with Crippen LogP contribution in [0.4, 0.5) is 17.3 Å². The van der Waals surface area contributed by atoms with Crippen LogP contribution in [0.2, 0.25) is 0 Å². The molecule has 0 saturated carbocycles. The molecule has 0 aliphatic carbocycles. The third kappa shape index (κ3) is 5.06. The van der Waals surface area contributed by atoms with Gasteiger partial charge in [-0.15, -0.1) is 0 Å². The first-order valence-electron chi connectivity index (χ1n) is 11.1. The Morgan fingerprint density at radius 2 is 1.60 bits per heavy atom. The third-order valence-electron chi connectivity index (χ3n) is 5.59. The van der Waals surface area contributed by atoms with Gasteiger partial charge in [-0.2, -0.15) is 0 Å². The average Bonchev–Trinajstić information content (AvgIpc) is 2.89. The zero-order valence-corrected chi connectivity index (χ0v) is 20.3. The van der Waals surface area contributed by atoms with Crippen molar-refractivity contribution in [2.45, 2.75) is 6.54 Å². The number of anilines is 3. The molecule has 4 N–H and O–H groups in total. The summed E-state index contributed by atoms with van der Waals surface area (Å²) in [5, 5.41) is 7.20. The van der Waals surface area contributed by atoms with Crippen LogP contribution in [0, 0.1) is 0 Å². The predicted molar refractivity (Wildman–Crippen MR) is 145 cm³/mol. The van der Waals surface area contributed by atoms with Crippen LogP contribution in [-0.2, 0) is 6.54 Å². The molecule has 0 saturated heterocycles. The van der Waals surface area contributed by atoms with Crippen LogP contribution in [-0.4, -0.2) is 15.9 Å². The van der Waals surface area contributed by atoms with E-state index in [1.807, 2.05) is 84.9 Å². The lowest BCUT2D eigenvalue weighted by Gasteiger charge is -2.12. The SMILES string of the molecule is NCc1ccc(Br)cc1NC(=O)c1ccc(Nc2nc(-c3ccccc3)c3ccccc3n2)cc1. The third-order valence-corrected chi connectivity index (χ3v) is 6.09. The number of hydrogen-bond acceptors (Lipinski definition) is 5. The first-order chi connectivity index (χ1) is 17.1. The number of carbonyl (C=O) groups excluding carboxylic acids is 1. The Morgan fingerprint density at radius 3 is 2.37 bits per heavy atom. The summed E-state index contributed by atoms with van der Waals surface area (Å²) in [5.74, 6) is 0.277. The molecule has 5 aromatic rings. The van der Waals surface area contributed by atoms with Gasteiger partial charge in [-0.1, -0.05) is 70.5 Å². The molecule has 4 aromatic carbocycles. The van der Waals surface area contributed by atoms with Gasteiger partial charge in [0.15, 0.2) is 0 Å². The Kier molecular flexibility index (Phi) is 6.52. The van der Waals surface area contributed by atoms with Gasteiger partial charge >= 0.3 is 0 Å². The fourth-order valence-corrected chi connectivity index (χ4v) is 4.18. The quantitative estimate of drug-likeness (QED) is 0.235. The van der Waals surface area contributed by atoms with Crippen molar-refractivity contribution >= 4 is 50.1 Å². The van der Waals surface area contributed by atoms with Crippen molar-refractivity contribution in [1.29, 1.82) is 0 Å². The molecule has 0 aliphatic heterocycles. The zero-order chi connectivity index (χ0) is 24.2. The molecule has 0 bridgehead atoms. The predicted octanol–water partition coefficient (Wildman–Crippen LogP) is 6.51. The summed E-state index contributed by atoms with van der Waals surface area (Å²) in [5.41, 5.74) is 11.4. The number of nitrogens with one attached hydrogen (secondary N) is 2. The van der Waals surface area contributed by atoms with Gasteiger partial charge in [0, 0.05) is 38.9 Å².